The highest BCUT2D eigenvalue weighted by atomic mass is 16.7. The maximum atomic E-state index is 12.5. The summed E-state index contributed by atoms with van der Waals surface area (Å²) >= 11 is 0. The average molecular weight is 364 g/mol. The molecular formula is C19H16N4O4. The molecule has 0 radical (unpaired) electrons. The van der Waals surface area contributed by atoms with Crippen molar-refractivity contribution in [3.63, 3.8) is 0 Å². The van der Waals surface area contributed by atoms with Crippen LogP contribution >= 0.6 is 0 Å². The topological polar surface area (TPSA) is 95.3 Å². The molecule has 0 aliphatic carbocycles. The first-order valence-electron chi connectivity index (χ1n) is 8.32. The number of nitrogens with zero attached hydrogens (tertiary/aromatic N) is 3. The number of benzene rings is 1. The van der Waals surface area contributed by atoms with Crippen LogP contribution < -0.4 is 20.3 Å². The Morgan fingerprint density at radius 2 is 2.04 bits per heavy atom. The normalized spacial score (nSPS) is 13.2. The molecule has 27 heavy (non-hydrogen) atoms. The fourth-order valence-corrected chi connectivity index (χ4v) is 2.71. The van der Waals surface area contributed by atoms with Gasteiger partial charge in [0, 0.05) is 17.8 Å². The Labute approximate surface area is 154 Å². The van der Waals surface area contributed by atoms with E-state index < -0.39 is 6.04 Å². The van der Waals surface area contributed by atoms with Crippen molar-refractivity contribution in [3.05, 3.63) is 65.2 Å². The largest absolute Gasteiger partial charge is 0.454 e. The third-order valence-corrected chi connectivity index (χ3v) is 4.17. The van der Waals surface area contributed by atoms with E-state index in [4.69, 9.17) is 9.47 Å². The molecule has 3 heterocycles. The summed E-state index contributed by atoms with van der Waals surface area (Å²) in [6.07, 6.45) is 3.14. The number of fused-ring (bicyclic) bond motifs is 1. The van der Waals surface area contributed by atoms with Crippen molar-refractivity contribution in [1.29, 1.82) is 0 Å². The van der Waals surface area contributed by atoms with Crippen LogP contribution in [0.3, 0.4) is 0 Å². The van der Waals surface area contributed by atoms with E-state index in [9.17, 15) is 9.59 Å². The van der Waals surface area contributed by atoms with E-state index in [1.54, 1.807) is 43.5 Å². The molecule has 1 aliphatic heterocycles. The molecule has 1 aliphatic rings. The quantitative estimate of drug-likeness (QED) is 0.763. The van der Waals surface area contributed by atoms with E-state index in [0.29, 0.717) is 22.9 Å². The Bertz CT molecular complexity index is 1050. The minimum Gasteiger partial charge on any atom is -0.454 e. The molecule has 136 valence electrons. The molecule has 0 saturated heterocycles. The molecular weight excluding hydrogens is 348 g/mol. The van der Waals surface area contributed by atoms with E-state index in [-0.39, 0.29) is 18.3 Å². The Morgan fingerprint density at radius 3 is 2.85 bits per heavy atom. The van der Waals surface area contributed by atoms with Crippen LogP contribution in [-0.2, 0) is 4.79 Å². The molecule has 1 atom stereocenters. The first-order chi connectivity index (χ1) is 13.1. The first-order valence-corrected chi connectivity index (χ1v) is 8.32. The fraction of sp³-hybridized carbons (Fsp3) is 0.158. The highest BCUT2D eigenvalue weighted by molar-refractivity contribution is 5.93. The second-order valence-corrected chi connectivity index (χ2v) is 5.98. The number of amides is 1. The van der Waals surface area contributed by atoms with Crippen LogP contribution in [0.5, 0.6) is 11.5 Å². The summed E-state index contributed by atoms with van der Waals surface area (Å²) < 4.78 is 11.8. The predicted molar refractivity (Wildman–Crippen MR) is 97.6 cm³/mol. The van der Waals surface area contributed by atoms with Crippen LogP contribution in [0.4, 0.5) is 5.69 Å². The summed E-state index contributed by atoms with van der Waals surface area (Å²) in [5, 5.41) is 7.08. The predicted octanol–water partition coefficient (Wildman–Crippen LogP) is 2.23. The minimum atomic E-state index is -0.799. The second-order valence-electron chi connectivity index (χ2n) is 5.98. The first kappa shape index (κ1) is 16.8. The zero-order valence-electron chi connectivity index (χ0n) is 14.5. The monoisotopic (exact) mass is 364 g/mol. The molecule has 1 amide bonds. The zero-order valence-corrected chi connectivity index (χ0v) is 14.5. The van der Waals surface area contributed by atoms with Crippen LogP contribution in [0.1, 0.15) is 13.0 Å². The van der Waals surface area contributed by atoms with Gasteiger partial charge in [-0.2, -0.15) is 5.10 Å². The molecule has 4 rings (SSSR count). The Kier molecular flexibility index (Phi) is 4.29. The molecule has 1 aromatic carbocycles. The van der Waals surface area contributed by atoms with Gasteiger partial charge in [0.1, 0.15) is 6.04 Å². The minimum absolute atomic E-state index is 0.178. The molecule has 8 heteroatoms. The molecule has 1 N–H and O–H groups in total. The lowest BCUT2D eigenvalue weighted by Crippen LogP contribution is -2.33. The number of anilines is 1. The number of aromatic nitrogens is 3. The number of hydrogen-bond donors (Lipinski definition) is 1. The molecule has 3 aromatic rings. The lowest BCUT2D eigenvalue weighted by atomic mass is 10.1. The summed E-state index contributed by atoms with van der Waals surface area (Å²) in [4.78, 5) is 28.7. The summed E-state index contributed by atoms with van der Waals surface area (Å²) in [5.41, 5.74) is 1.49. The number of nitrogens with one attached hydrogen (secondary N) is 1. The van der Waals surface area contributed by atoms with Crippen molar-refractivity contribution < 1.29 is 14.3 Å². The van der Waals surface area contributed by atoms with Gasteiger partial charge in [-0.25, -0.2) is 4.68 Å². The van der Waals surface area contributed by atoms with Crippen LogP contribution in [0, 0.1) is 0 Å². The Morgan fingerprint density at radius 1 is 1.19 bits per heavy atom. The lowest BCUT2D eigenvalue weighted by Gasteiger charge is -2.15. The number of pyridine rings is 1. The van der Waals surface area contributed by atoms with Crippen molar-refractivity contribution in [2.24, 2.45) is 0 Å². The van der Waals surface area contributed by atoms with Gasteiger partial charge in [0.2, 0.25) is 12.7 Å². The number of rotatable bonds is 4. The van der Waals surface area contributed by atoms with E-state index in [1.807, 2.05) is 6.07 Å². The zero-order chi connectivity index (χ0) is 18.8. The van der Waals surface area contributed by atoms with Crippen molar-refractivity contribution in [2.45, 2.75) is 13.0 Å². The summed E-state index contributed by atoms with van der Waals surface area (Å²) in [7, 11) is 0. The van der Waals surface area contributed by atoms with Gasteiger partial charge < -0.3 is 14.8 Å². The van der Waals surface area contributed by atoms with E-state index >= 15 is 0 Å². The summed E-state index contributed by atoms with van der Waals surface area (Å²) in [6.45, 7) is 1.79. The van der Waals surface area contributed by atoms with Gasteiger partial charge in [-0.05, 0) is 43.3 Å². The van der Waals surface area contributed by atoms with Gasteiger partial charge in [0.15, 0.2) is 11.5 Å². The van der Waals surface area contributed by atoms with Crippen molar-refractivity contribution >= 4 is 11.6 Å². The standard InChI is InChI=1S/C19H16N4O4/c1-12(19(25)21-14-3-2-8-20-10-14)23-18(24)7-5-15(22-23)13-4-6-16-17(9-13)27-11-26-16/h2-10,12H,11H2,1H3,(H,21,25). The molecule has 1 unspecified atom stereocenters. The van der Waals surface area contributed by atoms with Crippen molar-refractivity contribution in [2.75, 3.05) is 12.1 Å². The summed E-state index contributed by atoms with van der Waals surface area (Å²) in [5.74, 6) is 0.922. The third kappa shape index (κ3) is 3.37. The fourth-order valence-electron chi connectivity index (χ4n) is 2.71. The molecule has 2 aromatic heterocycles. The number of hydrogen-bond acceptors (Lipinski definition) is 6. The Balaban J connectivity index is 1.62. The van der Waals surface area contributed by atoms with Crippen molar-refractivity contribution in [3.8, 4) is 22.8 Å². The molecule has 0 bridgehead atoms. The van der Waals surface area contributed by atoms with Crippen molar-refractivity contribution in [1.82, 2.24) is 14.8 Å². The van der Waals surface area contributed by atoms with Crippen LogP contribution in [0.25, 0.3) is 11.3 Å². The SMILES string of the molecule is CC(C(=O)Nc1cccnc1)n1nc(-c2ccc3c(c2)OCO3)ccc1=O. The maximum Gasteiger partial charge on any atom is 0.267 e. The van der Waals surface area contributed by atoms with E-state index in [0.717, 1.165) is 10.2 Å². The van der Waals surface area contributed by atoms with Gasteiger partial charge in [0.25, 0.3) is 5.56 Å². The highest BCUT2D eigenvalue weighted by Gasteiger charge is 2.19. The summed E-state index contributed by atoms with van der Waals surface area (Å²) in [6, 6.07) is 11.0. The molecule has 0 spiro atoms. The van der Waals surface area contributed by atoms with Crippen LogP contribution in [-0.4, -0.2) is 27.5 Å². The van der Waals surface area contributed by atoms with Gasteiger partial charge in [-0.1, -0.05) is 0 Å². The second kappa shape index (κ2) is 6.91. The van der Waals surface area contributed by atoms with Crippen LogP contribution in [0.2, 0.25) is 0 Å². The lowest BCUT2D eigenvalue weighted by molar-refractivity contribution is -0.119. The number of ether oxygens (including phenoxy) is 2. The molecule has 0 fully saturated rings. The van der Waals surface area contributed by atoms with Gasteiger partial charge in [-0.3, -0.25) is 14.6 Å². The van der Waals surface area contributed by atoms with Crippen LogP contribution in [0.15, 0.2) is 59.7 Å². The van der Waals surface area contributed by atoms with Gasteiger partial charge >= 0.3 is 0 Å². The number of carbonyl (C=O) groups is 1. The van der Waals surface area contributed by atoms with E-state index in [2.05, 4.69) is 15.4 Å². The number of carbonyl (C=O) groups excluding carboxylic acids is 1. The molecule has 0 saturated carbocycles. The van der Waals surface area contributed by atoms with E-state index in [1.165, 1.54) is 12.3 Å². The maximum absolute atomic E-state index is 12.5. The third-order valence-electron chi connectivity index (χ3n) is 4.17. The highest BCUT2D eigenvalue weighted by Crippen LogP contribution is 2.35. The average Bonchev–Trinajstić information content (AvgIpc) is 3.16. The Hall–Kier alpha value is -3.68. The molecule has 8 nitrogen and oxygen atoms in total. The smallest absolute Gasteiger partial charge is 0.267 e. The van der Waals surface area contributed by atoms with Gasteiger partial charge in [-0.15, -0.1) is 0 Å². The van der Waals surface area contributed by atoms with Gasteiger partial charge in [0.05, 0.1) is 17.6 Å².